The van der Waals surface area contributed by atoms with E-state index in [0.29, 0.717) is 36.0 Å². The van der Waals surface area contributed by atoms with Gasteiger partial charge in [-0.25, -0.2) is 14.6 Å². The molecule has 0 fully saturated rings. The zero-order valence-corrected chi connectivity index (χ0v) is 19.3. The van der Waals surface area contributed by atoms with Crippen LogP contribution >= 0.6 is 0 Å². The van der Waals surface area contributed by atoms with E-state index in [2.05, 4.69) is 44.9 Å². The van der Waals surface area contributed by atoms with Gasteiger partial charge in [0.15, 0.2) is 5.65 Å². The zero-order valence-electron chi connectivity index (χ0n) is 19.3. The van der Waals surface area contributed by atoms with Crippen molar-refractivity contribution in [1.29, 1.82) is 0 Å². The minimum absolute atomic E-state index is 0.158. The molecule has 0 unspecified atom stereocenters. The predicted molar refractivity (Wildman–Crippen MR) is 121 cm³/mol. The molecule has 3 rings (SSSR count). The number of aromatic nitrogens is 4. The molecule has 3 heterocycles. The Labute approximate surface area is 183 Å². The van der Waals surface area contributed by atoms with Crippen LogP contribution in [0.3, 0.4) is 0 Å². The predicted octanol–water partition coefficient (Wildman–Crippen LogP) is 4.29. The molecule has 1 amide bonds. The van der Waals surface area contributed by atoms with Crippen LogP contribution in [-0.2, 0) is 10.3 Å². The van der Waals surface area contributed by atoms with Crippen molar-refractivity contribution >= 4 is 22.6 Å². The van der Waals surface area contributed by atoms with Gasteiger partial charge in [-0.2, -0.15) is 5.10 Å². The first-order chi connectivity index (χ1) is 14.6. The van der Waals surface area contributed by atoms with E-state index >= 15 is 0 Å². The number of carbonyl (C=O) groups is 1. The van der Waals surface area contributed by atoms with E-state index in [0.717, 1.165) is 16.8 Å². The maximum absolute atomic E-state index is 13.4. The Morgan fingerprint density at radius 3 is 2.65 bits per heavy atom. The lowest BCUT2D eigenvalue weighted by atomic mass is 10.0. The van der Waals surface area contributed by atoms with Gasteiger partial charge in [-0.15, -0.1) is 0 Å². The highest BCUT2D eigenvalue weighted by Crippen LogP contribution is 2.30. The van der Waals surface area contributed by atoms with Gasteiger partial charge >= 0.3 is 0 Å². The van der Waals surface area contributed by atoms with Crippen molar-refractivity contribution in [2.75, 3.05) is 25.6 Å². The summed E-state index contributed by atoms with van der Waals surface area (Å²) >= 11 is 0. The van der Waals surface area contributed by atoms with Crippen molar-refractivity contribution in [3.05, 3.63) is 41.3 Å². The number of nitrogens with one attached hydrogen (secondary N) is 1. The second-order valence-electron chi connectivity index (χ2n) is 8.77. The lowest BCUT2D eigenvalue weighted by molar-refractivity contribution is 0.102. The Hall–Kier alpha value is -3.00. The van der Waals surface area contributed by atoms with Gasteiger partial charge in [0, 0.05) is 19.0 Å². The largest absolute Gasteiger partial charge is 0.474 e. The number of nitrogens with zero attached hydrogens (tertiary/aromatic N) is 4. The minimum Gasteiger partial charge on any atom is -0.474 e. The van der Waals surface area contributed by atoms with Gasteiger partial charge < -0.3 is 14.8 Å². The quantitative estimate of drug-likeness (QED) is 0.568. The van der Waals surface area contributed by atoms with Crippen molar-refractivity contribution < 1.29 is 14.3 Å². The number of methoxy groups -OCH3 is 1. The molecule has 1 N–H and O–H groups in total. The third-order valence-corrected chi connectivity index (χ3v) is 4.85. The second kappa shape index (κ2) is 9.01. The highest BCUT2D eigenvalue weighted by molar-refractivity contribution is 6.13. The number of fused-ring (bicyclic) bond motifs is 1. The average Bonchev–Trinajstić information content (AvgIpc) is 3.06. The third kappa shape index (κ3) is 4.85. The van der Waals surface area contributed by atoms with E-state index in [1.807, 2.05) is 17.7 Å². The minimum atomic E-state index is -0.269. The SMILES string of the molecule is COCCOc1ncccc1NC(=O)c1cc(C(C)C)nc2c1c(C)nn2C(C)(C)C. The van der Waals surface area contributed by atoms with Crippen LogP contribution in [0.25, 0.3) is 11.0 Å². The molecule has 0 bridgehead atoms. The maximum Gasteiger partial charge on any atom is 0.256 e. The van der Waals surface area contributed by atoms with Gasteiger partial charge in [-0.3, -0.25) is 4.79 Å². The standard InChI is InChI=1S/C23H31N5O3/c1-14(2)18-13-16(19-15(3)27-28(20(19)25-18)23(4,5)6)21(29)26-17-9-8-10-24-22(17)31-12-11-30-7/h8-10,13-14H,11-12H2,1-7H3,(H,26,29). The maximum atomic E-state index is 13.4. The normalized spacial score (nSPS) is 11.9. The van der Waals surface area contributed by atoms with Crippen LogP contribution in [0.4, 0.5) is 5.69 Å². The van der Waals surface area contributed by atoms with Crippen LogP contribution in [0.2, 0.25) is 0 Å². The highest BCUT2D eigenvalue weighted by Gasteiger charge is 2.25. The molecule has 8 heteroatoms. The van der Waals surface area contributed by atoms with E-state index in [1.54, 1.807) is 25.4 Å². The van der Waals surface area contributed by atoms with Gasteiger partial charge in [-0.05, 0) is 51.8 Å². The summed E-state index contributed by atoms with van der Waals surface area (Å²) in [6.45, 7) is 13.0. The molecule has 166 valence electrons. The van der Waals surface area contributed by atoms with Gasteiger partial charge in [0.2, 0.25) is 5.88 Å². The van der Waals surface area contributed by atoms with Crippen molar-refractivity contribution in [2.45, 2.75) is 53.0 Å². The number of ether oxygens (including phenoxy) is 2. The molecule has 0 aliphatic heterocycles. The van der Waals surface area contributed by atoms with E-state index in [-0.39, 0.29) is 17.4 Å². The number of hydrogen-bond acceptors (Lipinski definition) is 6. The van der Waals surface area contributed by atoms with Crippen molar-refractivity contribution in [1.82, 2.24) is 19.7 Å². The van der Waals surface area contributed by atoms with Crippen LogP contribution in [0.1, 0.15) is 62.3 Å². The monoisotopic (exact) mass is 425 g/mol. The zero-order chi connectivity index (χ0) is 22.8. The summed E-state index contributed by atoms with van der Waals surface area (Å²) in [4.78, 5) is 22.5. The van der Waals surface area contributed by atoms with Crippen molar-refractivity contribution in [3.63, 3.8) is 0 Å². The first kappa shape index (κ1) is 22.7. The summed E-state index contributed by atoms with van der Waals surface area (Å²) in [5.74, 6) is 0.255. The number of pyridine rings is 2. The Kier molecular flexibility index (Phi) is 6.59. The van der Waals surface area contributed by atoms with Crippen LogP contribution in [0.5, 0.6) is 5.88 Å². The molecule has 0 spiro atoms. The molecule has 0 saturated carbocycles. The average molecular weight is 426 g/mol. The Morgan fingerprint density at radius 1 is 1.26 bits per heavy atom. The summed E-state index contributed by atoms with van der Waals surface area (Å²) in [5, 5.41) is 8.41. The molecule has 31 heavy (non-hydrogen) atoms. The molecule has 3 aromatic rings. The molecular weight excluding hydrogens is 394 g/mol. The fourth-order valence-electron chi connectivity index (χ4n) is 3.26. The first-order valence-electron chi connectivity index (χ1n) is 10.4. The molecule has 0 aliphatic rings. The number of amides is 1. The van der Waals surface area contributed by atoms with E-state index in [1.165, 1.54) is 0 Å². The number of carbonyl (C=O) groups excluding carboxylic acids is 1. The van der Waals surface area contributed by atoms with E-state index in [9.17, 15) is 4.79 Å². The topological polar surface area (TPSA) is 91.2 Å². The Balaban J connectivity index is 2.07. The molecule has 0 aromatic carbocycles. The molecular formula is C23H31N5O3. The van der Waals surface area contributed by atoms with Gasteiger partial charge in [0.05, 0.1) is 28.8 Å². The molecule has 8 nitrogen and oxygen atoms in total. The molecule has 0 radical (unpaired) electrons. The molecule has 0 saturated heterocycles. The number of rotatable bonds is 7. The smallest absolute Gasteiger partial charge is 0.256 e. The molecule has 0 aliphatic carbocycles. The summed E-state index contributed by atoms with van der Waals surface area (Å²) in [6.07, 6.45) is 1.62. The van der Waals surface area contributed by atoms with Gasteiger partial charge in [-0.1, -0.05) is 13.8 Å². The molecule has 0 atom stereocenters. The Bertz CT molecular complexity index is 1080. The fraction of sp³-hybridized carbons (Fsp3) is 0.478. The number of aryl methyl sites for hydroxylation is 1. The van der Waals surface area contributed by atoms with Crippen molar-refractivity contribution in [3.8, 4) is 5.88 Å². The van der Waals surface area contributed by atoms with Crippen LogP contribution in [0, 0.1) is 6.92 Å². The second-order valence-corrected chi connectivity index (χ2v) is 8.77. The number of anilines is 1. The van der Waals surface area contributed by atoms with E-state index < -0.39 is 0 Å². The molecule has 3 aromatic heterocycles. The van der Waals surface area contributed by atoms with E-state index in [4.69, 9.17) is 19.6 Å². The highest BCUT2D eigenvalue weighted by atomic mass is 16.5. The lowest BCUT2D eigenvalue weighted by Gasteiger charge is -2.20. The van der Waals surface area contributed by atoms with Crippen LogP contribution in [0.15, 0.2) is 24.4 Å². The fourth-order valence-corrected chi connectivity index (χ4v) is 3.26. The summed E-state index contributed by atoms with van der Waals surface area (Å²) in [6, 6.07) is 5.37. The third-order valence-electron chi connectivity index (χ3n) is 4.85. The summed E-state index contributed by atoms with van der Waals surface area (Å²) in [7, 11) is 1.60. The lowest BCUT2D eigenvalue weighted by Crippen LogP contribution is -2.24. The number of hydrogen-bond donors (Lipinski definition) is 1. The van der Waals surface area contributed by atoms with Crippen molar-refractivity contribution in [2.24, 2.45) is 0 Å². The first-order valence-corrected chi connectivity index (χ1v) is 10.4. The van der Waals surface area contributed by atoms with Crippen LogP contribution in [-0.4, -0.2) is 46.0 Å². The summed E-state index contributed by atoms with van der Waals surface area (Å²) in [5.41, 5.74) is 3.08. The Morgan fingerprint density at radius 2 is 2.00 bits per heavy atom. The van der Waals surface area contributed by atoms with Crippen LogP contribution < -0.4 is 10.1 Å². The van der Waals surface area contributed by atoms with Gasteiger partial charge in [0.1, 0.15) is 12.3 Å². The van der Waals surface area contributed by atoms with Gasteiger partial charge in [0.25, 0.3) is 5.91 Å². The summed E-state index contributed by atoms with van der Waals surface area (Å²) < 4.78 is 12.6.